The first-order valence-electron chi connectivity index (χ1n) is 7.40. The summed E-state index contributed by atoms with van der Waals surface area (Å²) in [5.41, 5.74) is 3.22. The van der Waals surface area contributed by atoms with Gasteiger partial charge in [-0.2, -0.15) is 0 Å². The van der Waals surface area contributed by atoms with Gasteiger partial charge in [0, 0.05) is 28.2 Å². The monoisotopic (exact) mass is 342 g/mol. The molecule has 23 heavy (non-hydrogen) atoms. The Hall–Kier alpha value is -2.04. The fourth-order valence-corrected chi connectivity index (χ4v) is 3.70. The predicted octanol–water partition coefficient (Wildman–Crippen LogP) is 5.42. The second-order valence-electron chi connectivity index (χ2n) is 5.56. The minimum atomic E-state index is 0.707. The van der Waals surface area contributed by atoms with Crippen LogP contribution in [0.3, 0.4) is 0 Å². The predicted molar refractivity (Wildman–Crippen MR) is 94.7 cm³/mol. The van der Waals surface area contributed by atoms with Crippen LogP contribution in [0.2, 0.25) is 5.02 Å². The van der Waals surface area contributed by atoms with E-state index >= 15 is 0 Å². The average molecular weight is 343 g/mol. The number of thiazole rings is 1. The maximum Gasteiger partial charge on any atom is 0.150 e. The molecule has 2 aromatic carbocycles. The van der Waals surface area contributed by atoms with Crippen molar-refractivity contribution in [2.24, 2.45) is 0 Å². The summed E-state index contributed by atoms with van der Waals surface area (Å²) in [5.74, 6) is 1.72. The molecular weight excluding hydrogens is 328 g/mol. The fraction of sp³-hybridized carbons (Fsp3) is 0.167. The molecule has 2 heterocycles. The maximum absolute atomic E-state index is 6.22. The van der Waals surface area contributed by atoms with Gasteiger partial charge in [0.2, 0.25) is 0 Å². The lowest BCUT2D eigenvalue weighted by Gasteiger charge is -2.23. The Bertz CT molecular complexity index is 862. The van der Waals surface area contributed by atoms with Crippen molar-refractivity contribution in [1.82, 2.24) is 4.98 Å². The lowest BCUT2D eigenvalue weighted by molar-refractivity contribution is 0.483. The van der Waals surface area contributed by atoms with Crippen LogP contribution in [0.4, 0.5) is 5.69 Å². The zero-order valence-corrected chi connectivity index (χ0v) is 14.2. The number of aryl methyl sites for hydroxylation is 1. The van der Waals surface area contributed by atoms with Crippen molar-refractivity contribution in [1.29, 1.82) is 0 Å². The van der Waals surface area contributed by atoms with Crippen LogP contribution >= 0.6 is 22.9 Å². The summed E-state index contributed by atoms with van der Waals surface area (Å²) in [6.45, 7) is 3.53. The third-order valence-corrected chi connectivity index (χ3v) is 4.99. The van der Waals surface area contributed by atoms with Gasteiger partial charge in [-0.3, -0.25) is 0 Å². The molecule has 0 aliphatic carbocycles. The van der Waals surface area contributed by atoms with E-state index in [1.807, 2.05) is 43.3 Å². The first-order valence-corrected chi connectivity index (χ1v) is 8.66. The van der Waals surface area contributed by atoms with Gasteiger partial charge >= 0.3 is 0 Å². The molecule has 0 radical (unpaired) electrons. The molecular formula is C18H15ClN2OS. The molecule has 0 amide bonds. The zero-order valence-electron chi connectivity index (χ0n) is 12.6. The molecule has 0 atom stereocenters. The van der Waals surface area contributed by atoms with Gasteiger partial charge in [-0.15, -0.1) is 11.3 Å². The van der Waals surface area contributed by atoms with E-state index in [9.17, 15) is 0 Å². The first-order chi connectivity index (χ1) is 11.2. The maximum atomic E-state index is 6.22. The smallest absolute Gasteiger partial charge is 0.150 e. The van der Waals surface area contributed by atoms with Gasteiger partial charge in [-0.25, -0.2) is 4.98 Å². The lowest BCUT2D eigenvalue weighted by atomic mass is 10.2. The number of para-hydroxylation sites is 1. The van der Waals surface area contributed by atoms with E-state index in [1.165, 1.54) is 0 Å². The number of nitrogens with zero attached hydrogens (tertiary/aromatic N) is 2. The van der Waals surface area contributed by atoms with Gasteiger partial charge in [0.25, 0.3) is 0 Å². The van der Waals surface area contributed by atoms with Crippen molar-refractivity contribution in [2.75, 3.05) is 4.90 Å². The van der Waals surface area contributed by atoms with Gasteiger partial charge in [-0.05, 0) is 31.2 Å². The molecule has 0 saturated carbocycles. The molecule has 0 N–H and O–H groups in total. The molecule has 4 rings (SSSR count). The second-order valence-corrected chi connectivity index (χ2v) is 6.94. The standard InChI is InChI=1S/C18H15ClN2OS/c1-12-11-23-18(20-12)10-21-9-13-4-2-3-5-16(13)22-17-7-6-14(19)8-15(17)21/h2-8,11H,9-10H2,1H3. The van der Waals surface area contributed by atoms with Crippen molar-refractivity contribution < 1.29 is 4.74 Å². The molecule has 3 aromatic rings. The number of anilines is 1. The Morgan fingerprint density at radius 1 is 1.22 bits per heavy atom. The van der Waals surface area contributed by atoms with Crippen LogP contribution in [0.5, 0.6) is 11.5 Å². The van der Waals surface area contributed by atoms with Gasteiger partial charge < -0.3 is 9.64 Å². The molecule has 0 bridgehead atoms. The van der Waals surface area contributed by atoms with Crippen LogP contribution in [-0.2, 0) is 13.1 Å². The fourth-order valence-electron chi connectivity index (χ4n) is 2.75. The van der Waals surface area contributed by atoms with Gasteiger partial charge in [-0.1, -0.05) is 29.8 Å². The molecule has 1 aliphatic rings. The minimum Gasteiger partial charge on any atom is -0.455 e. The number of hydrogen-bond donors (Lipinski definition) is 0. The Morgan fingerprint density at radius 2 is 2.09 bits per heavy atom. The molecule has 0 fully saturated rings. The molecule has 0 spiro atoms. The molecule has 0 saturated heterocycles. The van der Waals surface area contributed by atoms with Crippen LogP contribution in [0.15, 0.2) is 47.8 Å². The van der Waals surface area contributed by atoms with Crippen molar-refractivity contribution >= 4 is 28.6 Å². The van der Waals surface area contributed by atoms with Crippen LogP contribution in [0.25, 0.3) is 0 Å². The van der Waals surface area contributed by atoms with E-state index in [1.54, 1.807) is 11.3 Å². The molecule has 3 nitrogen and oxygen atoms in total. The van der Waals surface area contributed by atoms with Crippen molar-refractivity contribution in [3.8, 4) is 11.5 Å². The van der Waals surface area contributed by atoms with E-state index < -0.39 is 0 Å². The van der Waals surface area contributed by atoms with Gasteiger partial charge in [0.15, 0.2) is 5.75 Å². The second kappa shape index (κ2) is 5.87. The quantitative estimate of drug-likeness (QED) is 0.622. The summed E-state index contributed by atoms with van der Waals surface area (Å²) in [7, 11) is 0. The topological polar surface area (TPSA) is 25.4 Å². The number of hydrogen-bond acceptors (Lipinski definition) is 4. The van der Waals surface area contributed by atoms with E-state index in [0.717, 1.165) is 46.5 Å². The third-order valence-electron chi connectivity index (χ3n) is 3.81. The number of halogens is 1. The highest BCUT2D eigenvalue weighted by molar-refractivity contribution is 7.09. The molecule has 1 aromatic heterocycles. The Balaban J connectivity index is 1.78. The number of rotatable bonds is 2. The number of fused-ring (bicyclic) bond motifs is 2. The molecule has 1 aliphatic heterocycles. The summed E-state index contributed by atoms with van der Waals surface area (Å²) in [4.78, 5) is 6.86. The zero-order chi connectivity index (χ0) is 15.8. The van der Waals surface area contributed by atoms with E-state index in [2.05, 4.69) is 21.3 Å². The Kier molecular flexibility index (Phi) is 3.71. The molecule has 116 valence electrons. The molecule has 0 unspecified atom stereocenters. The largest absolute Gasteiger partial charge is 0.455 e. The van der Waals surface area contributed by atoms with Gasteiger partial charge in [0.05, 0.1) is 12.2 Å². The van der Waals surface area contributed by atoms with E-state index in [-0.39, 0.29) is 0 Å². The van der Waals surface area contributed by atoms with Gasteiger partial charge in [0.1, 0.15) is 10.8 Å². The highest BCUT2D eigenvalue weighted by atomic mass is 35.5. The van der Waals surface area contributed by atoms with Crippen molar-refractivity contribution in [3.05, 3.63) is 69.1 Å². The van der Waals surface area contributed by atoms with E-state index in [4.69, 9.17) is 16.3 Å². The average Bonchev–Trinajstić information content (AvgIpc) is 2.88. The Labute approximate surface area is 144 Å². The van der Waals surface area contributed by atoms with Crippen molar-refractivity contribution in [2.45, 2.75) is 20.0 Å². The molecule has 5 heteroatoms. The number of benzene rings is 2. The summed E-state index contributed by atoms with van der Waals surface area (Å²) in [6.07, 6.45) is 0. The first kappa shape index (κ1) is 14.5. The highest BCUT2D eigenvalue weighted by Crippen LogP contribution is 2.40. The number of aromatic nitrogens is 1. The minimum absolute atomic E-state index is 0.707. The third kappa shape index (κ3) is 2.92. The van der Waals surface area contributed by atoms with Crippen LogP contribution in [-0.4, -0.2) is 4.98 Å². The highest BCUT2D eigenvalue weighted by Gasteiger charge is 2.21. The van der Waals surface area contributed by atoms with Crippen LogP contribution in [0.1, 0.15) is 16.3 Å². The summed E-state index contributed by atoms with van der Waals surface area (Å²) >= 11 is 7.90. The normalized spacial score (nSPS) is 13.0. The summed E-state index contributed by atoms with van der Waals surface area (Å²) in [5, 5.41) is 3.88. The van der Waals surface area contributed by atoms with Crippen LogP contribution < -0.4 is 9.64 Å². The van der Waals surface area contributed by atoms with E-state index in [0.29, 0.717) is 5.02 Å². The van der Waals surface area contributed by atoms with Crippen molar-refractivity contribution in [3.63, 3.8) is 0 Å². The summed E-state index contributed by atoms with van der Waals surface area (Å²) in [6, 6.07) is 13.9. The summed E-state index contributed by atoms with van der Waals surface area (Å²) < 4.78 is 6.11. The SMILES string of the molecule is Cc1csc(CN2Cc3ccccc3Oc3ccc(Cl)cc32)n1. The number of ether oxygens (including phenoxy) is 1. The van der Waals surface area contributed by atoms with Crippen LogP contribution in [0, 0.1) is 6.92 Å². The lowest BCUT2D eigenvalue weighted by Crippen LogP contribution is -2.21. The Morgan fingerprint density at radius 3 is 2.91 bits per heavy atom.